The van der Waals surface area contributed by atoms with Crippen molar-refractivity contribution in [2.24, 2.45) is 0 Å². The lowest BCUT2D eigenvalue weighted by Crippen LogP contribution is -2.24. The van der Waals surface area contributed by atoms with Crippen LogP contribution in [0.25, 0.3) is 0 Å². The van der Waals surface area contributed by atoms with Crippen molar-refractivity contribution < 1.29 is 14.2 Å². The zero-order valence-electron chi connectivity index (χ0n) is 12.4. The molecule has 2 rings (SSSR count). The lowest BCUT2D eigenvalue weighted by atomic mass is 10.2. The summed E-state index contributed by atoms with van der Waals surface area (Å²) < 4.78 is 18.8. The van der Waals surface area contributed by atoms with Crippen molar-refractivity contribution in [2.45, 2.75) is 26.2 Å². The summed E-state index contributed by atoms with van der Waals surface area (Å²) in [6, 6.07) is 11.9. The molecule has 0 saturated heterocycles. The maximum Gasteiger partial charge on any atom is 0.124 e. The van der Waals surface area contributed by atoms with Gasteiger partial charge in [-0.2, -0.15) is 0 Å². The zero-order chi connectivity index (χ0) is 15.9. The number of ether oxygens (including phenoxy) is 1. The standard InChI is InChI=1S/C17H19ClFNO2/c1-12(21)9-20-10-13-4-2-3-5-17(13)22-11-14-6-7-15(19)8-16(14)18/h2-8,12,20-21H,9-11H2,1H3/t12-/m1/s1. The Morgan fingerprint density at radius 1 is 1.23 bits per heavy atom. The zero-order valence-corrected chi connectivity index (χ0v) is 13.1. The first-order valence-electron chi connectivity index (χ1n) is 7.09. The van der Waals surface area contributed by atoms with Crippen LogP contribution < -0.4 is 10.1 Å². The molecule has 1 atom stereocenters. The minimum atomic E-state index is -0.397. The minimum Gasteiger partial charge on any atom is -0.489 e. The average Bonchev–Trinajstić information content (AvgIpc) is 2.47. The van der Waals surface area contributed by atoms with E-state index in [0.29, 0.717) is 18.1 Å². The topological polar surface area (TPSA) is 41.5 Å². The molecule has 0 aliphatic carbocycles. The van der Waals surface area contributed by atoms with E-state index in [1.165, 1.54) is 12.1 Å². The highest BCUT2D eigenvalue weighted by Gasteiger charge is 2.06. The molecule has 3 nitrogen and oxygen atoms in total. The molecule has 0 saturated carbocycles. The molecule has 0 aliphatic heterocycles. The van der Waals surface area contributed by atoms with E-state index in [4.69, 9.17) is 16.3 Å². The van der Waals surface area contributed by atoms with Crippen molar-refractivity contribution in [1.82, 2.24) is 5.32 Å². The highest BCUT2D eigenvalue weighted by molar-refractivity contribution is 6.31. The molecule has 22 heavy (non-hydrogen) atoms. The van der Waals surface area contributed by atoms with Gasteiger partial charge in [-0.05, 0) is 25.1 Å². The highest BCUT2D eigenvalue weighted by atomic mass is 35.5. The molecule has 0 unspecified atom stereocenters. The lowest BCUT2D eigenvalue weighted by molar-refractivity contribution is 0.190. The number of hydrogen-bond donors (Lipinski definition) is 2. The van der Waals surface area contributed by atoms with Crippen LogP contribution in [0.15, 0.2) is 42.5 Å². The van der Waals surface area contributed by atoms with Gasteiger partial charge in [0.25, 0.3) is 0 Å². The SMILES string of the molecule is C[C@@H](O)CNCc1ccccc1OCc1ccc(F)cc1Cl. The molecule has 2 N–H and O–H groups in total. The van der Waals surface area contributed by atoms with Crippen molar-refractivity contribution in [2.75, 3.05) is 6.54 Å². The van der Waals surface area contributed by atoms with Gasteiger partial charge in [-0.15, -0.1) is 0 Å². The van der Waals surface area contributed by atoms with E-state index in [2.05, 4.69) is 5.32 Å². The van der Waals surface area contributed by atoms with E-state index in [9.17, 15) is 9.50 Å². The Kier molecular flexibility index (Phi) is 6.19. The summed E-state index contributed by atoms with van der Waals surface area (Å²) in [4.78, 5) is 0. The number of aliphatic hydroxyl groups is 1. The number of para-hydroxylation sites is 1. The number of rotatable bonds is 7. The second kappa shape index (κ2) is 8.13. The summed E-state index contributed by atoms with van der Waals surface area (Å²) in [5.41, 5.74) is 1.72. The van der Waals surface area contributed by atoms with E-state index in [-0.39, 0.29) is 12.4 Å². The Morgan fingerprint density at radius 2 is 2.00 bits per heavy atom. The third kappa shape index (κ3) is 4.98. The average molecular weight is 324 g/mol. The molecule has 0 aliphatic rings. The van der Waals surface area contributed by atoms with Crippen LogP contribution in [0.3, 0.4) is 0 Å². The molecule has 0 amide bonds. The van der Waals surface area contributed by atoms with Crippen molar-refractivity contribution in [1.29, 1.82) is 0 Å². The number of aliphatic hydroxyl groups excluding tert-OH is 1. The summed E-state index contributed by atoms with van der Waals surface area (Å²) in [6.07, 6.45) is -0.397. The maximum atomic E-state index is 13.0. The quantitative estimate of drug-likeness (QED) is 0.819. The fourth-order valence-electron chi connectivity index (χ4n) is 2.00. The summed E-state index contributed by atoms with van der Waals surface area (Å²) in [5.74, 6) is 0.373. The van der Waals surface area contributed by atoms with Crippen molar-refractivity contribution >= 4 is 11.6 Å². The monoisotopic (exact) mass is 323 g/mol. The predicted molar refractivity (Wildman–Crippen MR) is 85.6 cm³/mol. The van der Waals surface area contributed by atoms with Gasteiger partial charge in [0.2, 0.25) is 0 Å². The normalized spacial score (nSPS) is 12.2. The van der Waals surface area contributed by atoms with Crippen LogP contribution in [0, 0.1) is 5.82 Å². The summed E-state index contributed by atoms with van der Waals surface area (Å²) in [5, 5.41) is 12.8. The molecule has 0 fully saturated rings. The molecule has 2 aromatic rings. The Hall–Kier alpha value is -1.62. The van der Waals surface area contributed by atoms with E-state index >= 15 is 0 Å². The molecule has 0 spiro atoms. The van der Waals surface area contributed by atoms with E-state index in [1.807, 2.05) is 24.3 Å². The molecular formula is C17H19ClFNO2. The second-order valence-electron chi connectivity index (χ2n) is 5.11. The number of benzene rings is 2. The van der Waals surface area contributed by atoms with Gasteiger partial charge in [-0.1, -0.05) is 35.9 Å². The van der Waals surface area contributed by atoms with Crippen LogP contribution in [0.1, 0.15) is 18.1 Å². The molecule has 0 bridgehead atoms. The van der Waals surface area contributed by atoms with Crippen LogP contribution in [0.5, 0.6) is 5.75 Å². The van der Waals surface area contributed by atoms with E-state index < -0.39 is 6.10 Å². The van der Waals surface area contributed by atoms with Crippen molar-refractivity contribution in [3.05, 3.63) is 64.4 Å². The van der Waals surface area contributed by atoms with E-state index in [0.717, 1.165) is 16.9 Å². The molecule has 5 heteroatoms. The summed E-state index contributed by atoms with van der Waals surface area (Å²) in [7, 11) is 0. The number of halogens is 2. The first-order valence-corrected chi connectivity index (χ1v) is 7.47. The molecule has 0 aromatic heterocycles. The Labute approximate surface area is 134 Å². The van der Waals surface area contributed by atoms with Gasteiger partial charge in [0, 0.05) is 24.2 Å². The van der Waals surface area contributed by atoms with Gasteiger partial charge in [-0.3, -0.25) is 0 Å². The first-order chi connectivity index (χ1) is 10.6. The summed E-state index contributed by atoms with van der Waals surface area (Å²) >= 11 is 5.99. The van der Waals surface area contributed by atoms with Gasteiger partial charge >= 0.3 is 0 Å². The van der Waals surface area contributed by atoms with Crippen LogP contribution in [0.4, 0.5) is 4.39 Å². The largest absolute Gasteiger partial charge is 0.489 e. The molecular weight excluding hydrogens is 305 g/mol. The molecule has 2 aromatic carbocycles. The predicted octanol–water partition coefficient (Wildman–Crippen LogP) is 3.53. The summed E-state index contributed by atoms with van der Waals surface area (Å²) in [6.45, 7) is 3.11. The Morgan fingerprint density at radius 3 is 2.73 bits per heavy atom. The highest BCUT2D eigenvalue weighted by Crippen LogP contribution is 2.22. The van der Waals surface area contributed by atoms with Gasteiger partial charge in [0.1, 0.15) is 18.2 Å². The van der Waals surface area contributed by atoms with Gasteiger partial charge in [0.15, 0.2) is 0 Å². The number of hydrogen-bond acceptors (Lipinski definition) is 3. The molecule has 0 radical (unpaired) electrons. The Balaban J connectivity index is 2.00. The third-order valence-electron chi connectivity index (χ3n) is 3.13. The van der Waals surface area contributed by atoms with Crippen molar-refractivity contribution in [3.63, 3.8) is 0 Å². The first kappa shape index (κ1) is 16.7. The van der Waals surface area contributed by atoms with Crippen molar-refractivity contribution in [3.8, 4) is 5.75 Å². The van der Waals surface area contributed by atoms with Crippen LogP contribution in [-0.4, -0.2) is 17.8 Å². The van der Waals surface area contributed by atoms with Crippen LogP contribution in [0.2, 0.25) is 5.02 Å². The van der Waals surface area contributed by atoms with Gasteiger partial charge in [0.05, 0.1) is 11.1 Å². The molecule has 118 valence electrons. The fourth-order valence-corrected chi connectivity index (χ4v) is 2.22. The smallest absolute Gasteiger partial charge is 0.124 e. The molecule has 0 heterocycles. The van der Waals surface area contributed by atoms with Crippen LogP contribution in [-0.2, 0) is 13.2 Å². The number of nitrogens with one attached hydrogen (secondary N) is 1. The fraction of sp³-hybridized carbons (Fsp3) is 0.294. The van der Waals surface area contributed by atoms with Crippen LogP contribution >= 0.6 is 11.6 Å². The Bertz CT molecular complexity index is 619. The lowest BCUT2D eigenvalue weighted by Gasteiger charge is -2.13. The third-order valence-corrected chi connectivity index (χ3v) is 3.48. The maximum absolute atomic E-state index is 13.0. The van der Waals surface area contributed by atoms with Gasteiger partial charge < -0.3 is 15.2 Å². The second-order valence-corrected chi connectivity index (χ2v) is 5.52. The minimum absolute atomic E-state index is 0.270. The van der Waals surface area contributed by atoms with Gasteiger partial charge in [-0.25, -0.2) is 4.39 Å². The van der Waals surface area contributed by atoms with E-state index in [1.54, 1.807) is 13.0 Å².